The summed E-state index contributed by atoms with van der Waals surface area (Å²) in [6.45, 7) is 3.75. The van der Waals surface area contributed by atoms with Gasteiger partial charge in [-0.3, -0.25) is 9.59 Å². The topological polar surface area (TPSA) is 43.4 Å². The first kappa shape index (κ1) is 10.2. The zero-order valence-electron chi connectivity index (χ0n) is 8.21. The molecule has 0 bridgehead atoms. The number of carbonyl (C=O) groups excluding carboxylic acids is 2. The van der Waals surface area contributed by atoms with Gasteiger partial charge < -0.3 is 4.74 Å². The minimum absolute atomic E-state index is 0.0802. The van der Waals surface area contributed by atoms with E-state index in [1.165, 1.54) is 0 Å². The maximum Gasteiger partial charge on any atom is 0.309 e. The van der Waals surface area contributed by atoms with Crippen LogP contribution >= 0.6 is 0 Å². The van der Waals surface area contributed by atoms with Crippen LogP contribution in [0.3, 0.4) is 0 Å². The fraction of sp³-hybridized carbons (Fsp3) is 0.800. The monoisotopic (exact) mass is 184 g/mol. The molecule has 74 valence electrons. The van der Waals surface area contributed by atoms with Crippen molar-refractivity contribution in [1.82, 2.24) is 0 Å². The van der Waals surface area contributed by atoms with Gasteiger partial charge >= 0.3 is 5.97 Å². The van der Waals surface area contributed by atoms with Crippen LogP contribution in [0.25, 0.3) is 0 Å². The maximum absolute atomic E-state index is 11.3. The van der Waals surface area contributed by atoms with Gasteiger partial charge in [0.05, 0.1) is 5.92 Å². The zero-order chi connectivity index (χ0) is 9.84. The summed E-state index contributed by atoms with van der Waals surface area (Å²) in [6, 6.07) is 0. The SMILES string of the molecule is CCC(C)C(=O)OC1CCCC1=O. The van der Waals surface area contributed by atoms with E-state index in [9.17, 15) is 9.59 Å². The van der Waals surface area contributed by atoms with Gasteiger partial charge in [-0.15, -0.1) is 0 Å². The lowest BCUT2D eigenvalue weighted by atomic mass is 10.1. The number of carbonyl (C=O) groups is 2. The number of Topliss-reactive ketones (excluding diaryl/α,β-unsaturated/α-hetero) is 1. The van der Waals surface area contributed by atoms with Crippen LogP contribution in [0, 0.1) is 5.92 Å². The van der Waals surface area contributed by atoms with Crippen molar-refractivity contribution >= 4 is 11.8 Å². The smallest absolute Gasteiger partial charge is 0.309 e. The first-order valence-electron chi connectivity index (χ1n) is 4.88. The molecule has 0 aromatic carbocycles. The van der Waals surface area contributed by atoms with E-state index >= 15 is 0 Å². The number of hydrogen-bond donors (Lipinski definition) is 0. The van der Waals surface area contributed by atoms with E-state index in [1.54, 1.807) is 0 Å². The molecule has 1 aliphatic rings. The first-order chi connectivity index (χ1) is 6.15. The van der Waals surface area contributed by atoms with Crippen molar-refractivity contribution in [2.45, 2.75) is 45.6 Å². The van der Waals surface area contributed by atoms with Crippen LogP contribution in [0.4, 0.5) is 0 Å². The molecule has 0 radical (unpaired) electrons. The van der Waals surface area contributed by atoms with Crippen LogP contribution in [-0.4, -0.2) is 17.9 Å². The standard InChI is InChI=1S/C10H16O3/c1-3-7(2)10(12)13-9-6-4-5-8(9)11/h7,9H,3-6H2,1-2H3. The van der Waals surface area contributed by atoms with E-state index in [0.717, 1.165) is 12.8 Å². The molecule has 2 atom stereocenters. The Balaban J connectivity index is 2.39. The summed E-state index contributed by atoms with van der Waals surface area (Å²) in [5, 5.41) is 0. The molecule has 13 heavy (non-hydrogen) atoms. The lowest BCUT2D eigenvalue weighted by molar-refractivity contribution is -0.157. The Labute approximate surface area is 78.5 Å². The molecule has 3 heteroatoms. The summed E-state index contributed by atoms with van der Waals surface area (Å²) in [4.78, 5) is 22.4. The Morgan fingerprint density at radius 1 is 1.69 bits per heavy atom. The summed E-state index contributed by atoms with van der Waals surface area (Å²) < 4.78 is 5.09. The molecule has 0 aromatic heterocycles. The molecule has 0 aromatic rings. The highest BCUT2D eigenvalue weighted by atomic mass is 16.5. The molecule has 0 spiro atoms. The summed E-state index contributed by atoms with van der Waals surface area (Å²) in [5.41, 5.74) is 0. The fourth-order valence-corrected chi connectivity index (χ4v) is 1.33. The molecule has 1 fully saturated rings. The van der Waals surface area contributed by atoms with E-state index in [2.05, 4.69) is 0 Å². The molecule has 0 saturated heterocycles. The Kier molecular flexibility index (Phi) is 3.46. The molecule has 0 N–H and O–H groups in total. The van der Waals surface area contributed by atoms with E-state index in [-0.39, 0.29) is 17.7 Å². The quantitative estimate of drug-likeness (QED) is 0.627. The van der Waals surface area contributed by atoms with Crippen molar-refractivity contribution in [2.75, 3.05) is 0 Å². The van der Waals surface area contributed by atoms with Crippen molar-refractivity contribution in [3.63, 3.8) is 0 Å². The van der Waals surface area contributed by atoms with Gasteiger partial charge in [0.1, 0.15) is 0 Å². The summed E-state index contributed by atoms with van der Waals surface area (Å²) in [7, 11) is 0. The van der Waals surface area contributed by atoms with Gasteiger partial charge in [-0.2, -0.15) is 0 Å². The van der Waals surface area contributed by atoms with E-state index in [0.29, 0.717) is 12.8 Å². The van der Waals surface area contributed by atoms with Gasteiger partial charge in [0.2, 0.25) is 0 Å². The van der Waals surface area contributed by atoms with Crippen LogP contribution in [-0.2, 0) is 14.3 Å². The predicted octanol–water partition coefficient (Wildman–Crippen LogP) is 1.70. The Bertz CT molecular complexity index is 210. The van der Waals surface area contributed by atoms with Crippen LogP contribution in [0.1, 0.15) is 39.5 Å². The van der Waals surface area contributed by atoms with Crippen molar-refractivity contribution in [3.05, 3.63) is 0 Å². The molecule has 0 aliphatic heterocycles. The minimum atomic E-state index is -0.443. The Hall–Kier alpha value is -0.860. The summed E-state index contributed by atoms with van der Waals surface area (Å²) >= 11 is 0. The second-order valence-electron chi connectivity index (χ2n) is 3.59. The fourth-order valence-electron chi connectivity index (χ4n) is 1.33. The molecule has 1 rings (SSSR count). The molecular weight excluding hydrogens is 168 g/mol. The predicted molar refractivity (Wildman–Crippen MR) is 48.2 cm³/mol. The largest absolute Gasteiger partial charge is 0.454 e. The molecule has 3 nitrogen and oxygen atoms in total. The van der Waals surface area contributed by atoms with Gasteiger partial charge in [0.25, 0.3) is 0 Å². The number of hydrogen-bond acceptors (Lipinski definition) is 3. The average Bonchev–Trinajstić information content (AvgIpc) is 2.50. The molecule has 2 unspecified atom stereocenters. The lowest BCUT2D eigenvalue weighted by Gasteiger charge is -2.13. The van der Waals surface area contributed by atoms with Crippen molar-refractivity contribution in [2.24, 2.45) is 5.92 Å². The van der Waals surface area contributed by atoms with Gasteiger partial charge in [0, 0.05) is 6.42 Å². The highest BCUT2D eigenvalue weighted by molar-refractivity contribution is 5.87. The second kappa shape index (κ2) is 4.40. The number of ketones is 1. The van der Waals surface area contributed by atoms with Gasteiger partial charge in [0.15, 0.2) is 11.9 Å². The number of esters is 1. The van der Waals surface area contributed by atoms with Crippen molar-refractivity contribution in [1.29, 1.82) is 0 Å². The van der Waals surface area contributed by atoms with Crippen LogP contribution in [0.15, 0.2) is 0 Å². The first-order valence-corrected chi connectivity index (χ1v) is 4.88. The third-order valence-corrected chi connectivity index (χ3v) is 2.52. The Morgan fingerprint density at radius 2 is 2.38 bits per heavy atom. The molecule has 0 amide bonds. The highest BCUT2D eigenvalue weighted by Crippen LogP contribution is 2.19. The maximum atomic E-state index is 11.3. The van der Waals surface area contributed by atoms with Crippen LogP contribution < -0.4 is 0 Å². The Morgan fingerprint density at radius 3 is 2.85 bits per heavy atom. The zero-order valence-corrected chi connectivity index (χ0v) is 8.21. The summed E-state index contributed by atoms with van der Waals surface area (Å²) in [5.74, 6) is -0.243. The van der Waals surface area contributed by atoms with Crippen molar-refractivity contribution in [3.8, 4) is 0 Å². The molecule has 1 saturated carbocycles. The molecule has 0 heterocycles. The molecule has 1 aliphatic carbocycles. The van der Waals surface area contributed by atoms with E-state index in [4.69, 9.17) is 4.74 Å². The van der Waals surface area contributed by atoms with Gasteiger partial charge in [-0.1, -0.05) is 13.8 Å². The highest BCUT2D eigenvalue weighted by Gasteiger charge is 2.28. The third kappa shape index (κ3) is 2.54. The minimum Gasteiger partial charge on any atom is -0.454 e. The molecular formula is C10H16O3. The van der Waals surface area contributed by atoms with Crippen molar-refractivity contribution < 1.29 is 14.3 Å². The summed E-state index contributed by atoms with van der Waals surface area (Å²) in [6.07, 6.45) is 2.46. The lowest BCUT2D eigenvalue weighted by Crippen LogP contribution is -2.25. The van der Waals surface area contributed by atoms with E-state index < -0.39 is 6.10 Å². The van der Waals surface area contributed by atoms with Gasteiger partial charge in [-0.05, 0) is 19.3 Å². The normalized spacial score (nSPS) is 24.5. The second-order valence-corrected chi connectivity index (χ2v) is 3.59. The number of ether oxygens (including phenoxy) is 1. The third-order valence-electron chi connectivity index (χ3n) is 2.52. The van der Waals surface area contributed by atoms with E-state index in [1.807, 2.05) is 13.8 Å². The average molecular weight is 184 g/mol. The van der Waals surface area contributed by atoms with Gasteiger partial charge in [-0.25, -0.2) is 0 Å². The van der Waals surface area contributed by atoms with Crippen LogP contribution in [0.2, 0.25) is 0 Å². The number of rotatable bonds is 3. The van der Waals surface area contributed by atoms with Crippen LogP contribution in [0.5, 0.6) is 0 Å².